The summed E-state index contributed by atoms with van der Waals surface area (Å²) < 4.78 is 1.04. The highest BCUT2D eigenvalue weighted by atomic mass is 32.1. The van der Waals surface area contributed by atoms with Gasteiger partial charge in [0.2, 0.25) is 0 Å². The summed E-state index contributed by atoms with van der Waals surface area (Å²) in [5.74, 6) is 0.445. The maximum absolute atomic E-state index is 12.2. The third-order valence-corrected chi connectivity index (χ3v) is 4.12. The number of nitrogens with two attached hydrogens (primary N) is 1. The van der Waals surface area contributed by atoms with Crippen molar-refractivity contribution in [1.82, 2.24) is 4.98 Å². The molecule has 3 N–H and O–H groups in total. The predicted molar refractivity (Wildman–Crippen MR) is 83.2 cm³/mol. The molecule has 3 aromatic rings. The quantitative estimate of drug-likeness (QED) is 0.708. The number of carbonyl (C=O) groups excluding carboxylic acids is 1. The highest BCUT2D eigenvalue weighted by molar-refractivity contribution is 7.20. The van der Waals surface area contributed by atoms with Crippen LogP contribution >= 0.6 is 11.3 Å². The van der Waals surface area contributed by atoms with Gasteiger partial charge in [0, 0.05) is 16.6 Å². The molecule has 2 aromatic heterocycles. The third kappa shape index (κ3) is 2.35. The van der Waals surface area contributed by atoms with E-state index in [4.69, 9.17) is 5.73 Å². The zero-order chi connectivity index (χ0) is 14.1. The number of rotatable bonds is 2. The number of amides is 1. The Morgan fingerprint density at radius 3 is 2.95 bits per heavy atom. The van der Waals surface area contributed by atoms with Crippen LogP contribution in [0.3, 0.4) is 0 Å². The van der Waals surface area contributed by atoms with Gasteiger partial charge in [-0.25, -0.2) is 4.98 Å². The zero-order valence-corrected chi connectivity index (χ0v) is 11.7. The Bertz CT molecular complexity index is 795. The van der Waals surface area contributed by atoms with E-state index >= 15 is 0 Å². The summed E-state index contributed by atoms with van der Waals surface area (Å²) in [7, 11) is 0. The standard InChI is InChI=1S/C15H13N3OS/c1-9-3-2-6-17-14(9)18-15(19)13-8-10-7-11(16)4-5-12(10)20-13/h2-8H,16H2,1H3,(H,17,18,19). The summed E-state index contributed by atoms with van der Waals surface area (Å²) in [6.07, 6.45) is 1.66. The average molecular weight is 283 g/mol. The summed E-state index contributed by atoms with van der Waals surface area (Å²) >= 11 is 1.44. The Labute approximate surface area is 120 Å². The van der Waals surface area contributed by atoms with Gasteiger partial charge in [-0.05, 0) is 48.2 Å². The molecule has 1 aromatic carbocycles. The van der Waals surface area contributed by atoms with Gasteiger partial charge >= 0.3 is 0 Å². The van der Waals surface area contributed by atoms with Crippen LogP contribution in [0.25, 0.3) is 10.1 Å². The summed E-state index contributed by atoms with van der Waals surface area (Å²) in [6, 6.07) is 11.2. The molecular formula is C15H13N3OS. The van der Waals surface area contributed by atoms with E-state index in [0.717, 1.165) is 15.6 Å². The van der Waals surface area contributed by atoms with Gasteiger partial charge < -0.3 is 11.1 Å². The van der Waals surface area contributed by atoms with Crippen molar-refractivity contribution in [3.8, 4) is 0 Å². The lowest BCUT2D eigenvalue weighted by Gasteiger charge is -2.04. The van der Waals surface area contributed by atoms with Crippen LogP contribution in [0.4, 0.5) is 11.5 Å². The first kappa shape index (κ1) is 12.6. The molecule has 0 aliphatic heterocycles. The molecular weight excluding hydrogens is 270 g/mol. The number of hydrogen-bond acceptors (Lipinski definition) is 4. The first-order valence-electron chi connectivity index (χ1n) is 6.15. The lowest BCUT2D eigenvalue weighted by atomic mass is 10.2. The molecule has 20 heavy (non-hydrogen) atoms. The fourth-order valence-electron chi connectivity index (χ4n) is 1.96. The lowest BCUT2D eigenvalue weighted by molar-refractivity contribution is 0.103. The SMILES string of the molecule is Cc1cccnc1NC(=O)c1cc2cc(N)ccc2s1. The highest BCUT2D eigenvalue weighted by Gasteiger charge is 2.12. The second-order valence-corrected chi connectivity index (χ2v) is 5.61. The van der Waals surface area contributed by atoms with E-state index in [1.165, 1.54) is 11.3 Å². The number of benzene rings is 1. The topological polar surface area (TPSA) is 68.0 Å². The van der Waals surface area contributed by atoms with Crippen LogP contribution < -0.4 is 11.1 Å². The van der Waals surface area contributed by atoms with E-state index in [-0.39, 0.29) is 5.91 Å². The summed E-state index contributed by atoms with van der Waals surface area (Å²) in [5.41, 5.74) is 7.38. The van der Waals surface area contributed by atoms with Gasteiger partial charge in [-0.3, -0.25) is 4.79 Å². The van der Waals surface area contributed by atoms with Gasteiger partial charge in [0.1, 0.15) is 5.82 Å². The van der Waals surface area contributed by atoms with Crippen molar-refractivity contribution in [2.24, 2.45) is 0 Å². The molecule has 0 unspecified atom stereocenters. The van der Waals surface area contributed by atoms with E-state index in [1.807, 2.05) is 43.3 Å². The highest BCUT2D eigenvalue weighted by Crippen LogP contribution is 2.28. The third-order valence-electron chi connectivity index (χ3n) is 3.01. The number of anilines is 2. The van der Waals surface area contributed by atoms with Crippen LogP contribution in [0.15, 0.2) is 42.6 Å². The Morgan fingerprint density at radius 1 is 1.30 bits per heavy atom. The van der Waals surface area contributed by atoms with E-state index in [0.29, 0.717) is 16.4 Å². The van der Waals surface area contributed by atoms with Crippen LogP contribution in [0.5, 0.6) is 0 Å². The molecule has 0 radical (unpaired) electrons. The van der Waals surface area contributed by atoms with Crippen molar-refractivity contribution >= 4 is 38.8 Å². The van der Waals surface area contributed by atoms with Crippen molar-refractivity contribution in [2.45, 2.75) is 6.92 Å². The van der Waals surface area contributed by atoms with E-state index in [9.17, 15) is 4.79 Å². The molecule has 2 heterocycles. The second-order valence-electron chi connectivity index (χ2n) is 4.53. The number of aromatic nitrogens is 1. The Morgan fingerprint density at radius 2 is 2.15 bits per heavy atom. The minimum absolute atomic E-state index is 0.147. The number of thiophene rings is 1. The largest absolute Gasteiger partial charge is 0.399 e. The van der Waals surface area contributed by atoms with Crippen LogP contribution in [0, 0.1) is 6.92 Å². The van der Waals surface area contributed by atoms with Crippen molar-refractivity contribution in [3.05, 3.63) is 53.0 Å². The number of carbonyl (C=O) groups is 1. The van der Waals surface area contributed by atoms with Gasteiger partial charge in [0.15, 0.2) is 0 Å². The lowest BCUT2D eigenvalue weighted by Crippen LogP contribution is -2.12. The fourth-order valence-corrected chi connectivity index (χ4v) is 2.90. The normalized spacial score (nSPS) is 10.7. The molecule has 0 saturated carbocycles. The molecule has 0 aliphatic carbocycles. The molecule has 3 rings (SSSR count). The Kier molecular flexibility index (Phi) is 3.12. The second kappa shape index (κ2) is 4.94. The predicted octanol–water partition coefficient (Wildman–Crippen LogP) is 3.44. The molecule has 0 spiro atoms. The van der Waals surface area contributed by atoms with Gasteiger partial charge in [0.05, 0.1) is 4.88 Å². The number of nitrogens with one attached hydrogen (secondary N) is 1. The first-order valence-corrected chi connectivity index (χ1v) is 6.97. The minimum atomic E-state index is -0.147. The van der Waals surface area contributed by atoms with E-state index in [1.54, 1.807) is 6.20 Å². The van der Waals surface area contributed by atoms with Gasteiger partial charge in [0.25, 0.3) is 5.91 Å². The molecule has 4 nitrogen and oxygen atoms in total. The van der Waals surface area contributed by atoms with Crippen molar-refractivity contribution in [1.29, 1.82) is 0 Å². The van der Waals surface area contributed by atoms with Crippen molar-refractivity contribution in [3.63, 3.8) is 0 Å². The van der Waals surface area contributed by atoms with Gasteiger partial charge in [-0.15, -0.1) is 11.3 Å². The van der Waals surface area contributed by atoms with E-state index in [2.05, 4.69) is 10.3 Å². The number of fused-ring (bicyclic) bond motifs is 1. The number of nitrogens with zero attached hydrogens (tertiary/aromatic N) is 1. The number of aryl methyl sites for hydroxylation is 1. The molecule has 100 valence electrons. The molecule has 0 bridgehead atoms. The smallest absolute Gasteiger partial charge is 0.266 e. The van der Waals surface area contributed by atoms with Crippen LogP contribution in [0.1, 0.15) is 15.2 Å². The number of pyridine rings is 1. The molecule has 5 heteroatoms. The summed E-state index contributed by atoms with van der Waals surface area (Å²) in [6.45, 7) is 1.91. The maximum Gasteiger partial charge on any atom is 0.266 e. The van der Waals surface area contributed by atoms with Crippen molar-refractivity contribution < 1.29 is 4.79 Å². The Balaban J connectivity index is 1.91. The maximum atomic E-state index is 12.2. The Hall–Kier alpha value is -2.40. The number of hydrogen-bond donors (Lipinski definition) is 2. The minimum Gasteiger partial charge on any atom is -0.399 e. The van der Waals surface area contributed by atoms with E-state index < -0.39 is 0 Å². The molecule has 1 amide bonds. The number of nitrogen functional groups attached to an aromatic ring is 1. The summed E-state index contributed by atoms with van der Waals surface area (Å²) in [4.78, 5) is 17.1. The summed E-state index contributed by atoms with van der Waals surface area (Å²) in [5, 5.41) is 3.82. The van der Waals surface area contributed by atoms with Crippen LogP contribution in [-0.2, 0) is 0 Å². The van der Waals surface area contributed by atoms with Crippen LogP contribution in [0.2, 0.25) is 0 Å². The van der Waals surface area contributed by atoms with Crippen molar-refractivity contribution in [2.75, 3.05) is 11.1 Å². The molecule has 0 aliphatic rings. The van der Waals surface area contributed by atoms with Gasteiger partial charge in [-0.2, -0.15) is 0 Å². The van der Waals surface area contributed by atoms with Crippen LogP contribution in [-0.4, -0.2) is 10.9 Å². The molecule has 0 fully saturated rings. The molecule has 0 saturated heterocycles. The van der Waals surface area contributed by atoms with Gasteiger partial charge in [-0.1, -0.05) is 6.07 Å². The fraction of sp³-hybridized carbons (Fsp3) is 0.0667. The average Bonchev–Trinajstić information content (AvgIpc) is 2.84. The first-order chi connectivity index (χ1) is 9.63. The monoisotopic (exact) mass is 283 g/mol. The zero-order valence-electron chi connectivity index (χ0n) is 10.9. The molecule has 0 atom stereocenters.